The lowest BCUT2D eigenvalue weighted by atomic mass is 9.60. The summed E-state index contributed by atoms with van der Waals surface area (Å²) in [7, 11) is 0. The van der Waals surface area contributed by atoms with Crippen LogP contribution in [0.2, 0.25) is 0 Å². The van der Waals surface area contributed by atoms with Crippen LogP contribution in [-0.2, 0) is 0 Å². The Labute approximate surface area is 184 Å². The van der Waals surface area contributed by atoms with Crippen LogP contribution < -0.4 is 0 Å². The van der Waals surface area contributed by atoms with Crippen LogP contribution in [0.15, 0.2) is 35.5 Å². The molecule has 0 aliphatic heterocycles. The molecule has 0 bridgehead atoms. The molecule has 0 unspecified atom stereocenters. The number of aliphatic hydroxyl groups excluding tert-OH is 2. The van der Waals surface area contributed by atoms with Gasteiger partial charge in [-0.15, -0.1) is 0 Å². The Hall–Kier alpha value is -0.900. The van der Waals surface area contributed by atoms with Crippen LogP contribution in [0.25, 0.3) is 0 Å². The lowest BCUT2D eigenvalue weighted by molar-refractivity contribution is 0.0596. The van der Waals surface area contributed by atoms with Gasteiger partial charge in [0.25, 0.3) is 0 Å². The van der Waals surface area contributed by atoms with Crippen molar-refractivity contribution in [2.75, 3.05) is 0 Å². The van der Waals surface area contributed by atoms with Gasteiger partial charge in [0.15, 0.2) is 0 Å². The zero-order chi connectivity index (χ0) is 22.1. The van der Waals surface area contributed by atoms with Gasteiger partial charge in [0.1, 0.15) is 0 Å². The average molecular weight is 417 g/mol. The highest BCUT2D eigenvalue weighted by Gasteiger charge is 2.50. The Kier molecular flexibility index (Phi) is 7.37. The molecular formula is C27H44O3. The highest BCUT2D eigenvalue weighted by molar-refractivity contribution is 5.38. The summed E-state index contributed by atoms with van der Waals surface area (Å²) in [5.74, 6) is 2.11. The summed E-state index contributed by atoms with van der Waals surface area (Å²) < 4.78 is 0. The van der Waals surface area contributed by atoms with Gasteiger partial charge in [-0.2, -0.15) is 0 Å². The van der Waals surface area contributed by atoms with Gasteiger partial charge >= 0.3 is 0 Å². The van der Waals surface area contributed by atoms with Crippen molar-refractivity contribution >= 4 is 0 Å². The van der Waals surface area contributed by atoms with Crippen LogP contribution >= 0.6 is 0 Å². The molecule has 0 aromatic carbocycles. The van der Waals surface area contributed by atoms with E-state index in [1.165, 1.54) is 38.5 Å². The van der Waals surface area contributed by atoms with E-state index < -0.39 is 17.8 Å². The topological polar surface area (TPSA) is 60.7 Å². The van der Waals surface area contributed by atoms with Gasteiger partial charge in [-0.25, -0.2) is 0 Å². The summed E-state index contributed by atoms with van der Waals surface area (Å²) in [5.41, 5.74) is 3.17. The van der Waals surface area contributed by atoms with Crippen LogP contribution in [-0.4, -0.2) is 33.1 Å². The quantitative estimate of drug-likeness (QED) is 0.520. The maximum atomic E-state index is 10.1. The molecule has 0 spiro atoms. The Morgan fingerprint density at radius 2 is 1.97 bits per heavy atom. The van der Waals surface area contributed by atoms with Crippen LogP contribution in [0.3, 0.4) is 0 Å². The summed E-state index contributed by atoms with van der Waals surface area (Å²) in [6, 6.07) is 0. The maximum Gasteiger partial charge on any atom is 0.0811 e. The number of aliphatic hydroxyl groups is 3. The zero-order valence-electron chi connectivity index (χ0n) is 19.7. The lowest BCUT2D eigenvalue weighted by Gasteiger charge is -2.44. The molecule has 3 heteroatoms. The van der Waals surface area contributed by atoms with E-state index in [1.54, 1.807) is 5.57 Å². The number of allylic oxidation sites excluding steroid dienone is 3. The third kappa shape index (κ3) is 5.29. The molecule has 3 N–H and O–H groups in total. The standard InChI is InChI=1S/C27H44O3/c1-18(8-6-14-26(3,4)30)23-12-13-24-20(9-7-15-27(23,24)5)10-11-21-16-22(28)17-25(29)19(21)2/h10-11,18,22-25,28-30H,2,6-9,12-17H2,1,3-5H3/b20-10-,21-11?/t18-,22-,23-,24+,25+,27-/m1/s1. The fraction of sp³-hybridized carbons (Fsp3) is 0.778. The minimum absolute atomic E-state index is 0.374. The zero-order valence-corrected chi connectivity index (χ0v) is 19.7. The van der Waals surface area contributed by atoms with Gasteiger partial charge in [0.2, 0.25) is 0 Å². The molecule has 3 aliphatic carbocycles. The van der Waals surface area contributed by atoms with Crippen molar-refractivity contribution in [2.45, 2.75) is 110 Å². The predicted octanol–water partition coefficient (Wildman–Crippen LogP) is 5.70. The summed E-state index contributed by atoms with van der Waals surface area (Å²) in [6.45, 7) is 12.8. The summed E-state index contributed by atoms with van der Waals surface area (Å²) >= 11 is 0. The van der Waals surface area contributed by atoms with E-state index in [-0.39, 0.29) is 0 Å². The first-order valence-electron chi connectivity index (χ1n) is 12.2. The molecule has 0 saturated heterocycles. The molecule has 30 heavy (non-hydrogen) atoms. The average Bonchev–Trinajstić information content (AvgIpc) is 3.00. The lowest BCUT2D eigenvalue weighted by Crippen LogP contribution is -2.36. The maximum absolute atomic E-state index is 10.1. The molecule has 0 heterocycles. The van der Waals surface area contributed by atoms with Crippen LogP contribution in [0.1, 0.15) is 91.9 Å². The Morgan fingerprint density at radius 3 is 2.67 bits per heavy atom. The second kappa shape index (κ2) is 9.30. The molecule has 3 fully saturated rings. The molecule has 0 radical (unpaired) electrons. The van der Waals surface area contributed by atoms with Gasteiger partial charge < -0.3 is 15.3 Å². The monoisotopic (exact) mass is 416 g/mol. The first-order valence-corrected chi connectivity index (χ1v) is 12.2. The Balaban J connectivity index is 1.70. The van der Waals surface area contributed by atoms with Crippen molar-refractivity contribution in [1.82, 2.24) is 0 Å². The van der Waals surface area contributed by atoms with Gasteiger partial charge in [0.05, 0.1) is 17.8 Å². The summed E-state index contributed by atoms with van der Waals surface area (Å²) in [4.78, 5) is 0. The molecule has 3 nitrogen and oxygen atoms in total. The third-order valence-corrected chi connectivity index (χ3v) is 8.44. The van der Waals surface area contributed by atoms with E-state index in [4.69, 9.17) is 0 Å². The molecule has 3 saturated carbocycles. The van der Waals surface area contributed by atoms with Gasteiger partial charge in [0, 0.05) is 6.42 Å². The highest BCUT2D eigenvalue weighted by Crippen LogP contribution is 2.60. The van der Waals surface area contributed by atoms with Crippen molar-refractivity contribution < 1.29 is 15.3 Å². The fourth-order valence-electron chi connectivity index (χ4n) is 6.74. The van der Waals surface area contributed by atoms with E-state index in [1.807, 2.05) is 13.8 Å². The minimum atomic E-state index is -0.615. The van der Waals surface area contributed by atoms with Crippen molar-refractivity contribution in [1.29, 1.82) is 0 Å². The Bertz CT molecular complexity index is 683. The molecule has 6 atom stereocenters. The van der Waals surface area contributed by atoms with E-state index in [9.17, 15) is 15.3 Å². The van der Waals surface area contributed by atoms with Crippen molar-refractivity contribution in [3.63, 3.8) is 0 Å². The molecule has 3 aliphatic rings. The minimum Gasteiger partial charge on any atom is -0.393 e. The number of rotatable bonds is 6. The van der Waals surface area contributed by atoms with Crippen molar-refractivity contribution in [2.24, 2.45) is 23.2 Å². The highest BCUT2D eigenvalue weighted by atomic mass is 16.3. The third-order valence-electron chi connectivity index (χ3n) is 8.44. The number of hydrogen-bond donors (Lipinski definition) is 3. The Morgan fingerprint density at radius 1 is 1.23 bits per heavy atom. The van der Waals surface area contributed by atoms with E-state index in [2.05, 4.69) is 32.6 Å². The smallest absolute Gasteiger partial charge is 0.0811 e. The largest absolute Gasteiger partial charge is 0.393 e. The van der Waals surface area contributed by atoms with Gasteiger partial charge in [-0.1, -0.05) is 51.0 Å². The molecule has 0 aromatic rings. The first-order chi connectivity index (χ1) is 14.0. The van der Waals surface area contributed by atoms with E-state index >= 15 is 0 Å². The second-order valence-electron chi connectivity index (χ2n) is 11.3. The van der Waals surface area contributed by atoms with Crippen LogP contribution in [0, 0.1) is 23.2 Å². The SMILES string of the molecule is C=C1C(=C/C=C2/CCC[C@]3(C)[C@@H]([C@H](C)CCCC(C)(C)O)CC[C@@H]23)C[C@@H](O)C[C@@H]1O. The predicted molar refractivity (Wildman–Crippen MR) is 124 cm³/mol. The first kappa shape index (κ1) is 23.8. The molecule has 0 aromatic heterocycles. The van der Waals surface area contributed by atoms with Gasteiger partial charge in [-0.05, 0) is 93.1 Å². The van der Waals surface area contributed by atoms with Gasteiger partial charge in [-0.3, -0.25) is 0 Å². The second-order valence-corrected chi connectivity index (χ2v) is 11.3. The summed E-state index contributed by atoms with van der Waals surface area (Å²) in [5, 5.41) is 30.2. The van der Waals surface area contributed by atoms with E-state index in [0.717, 1.165) is 29.9 Å². The number of fused-ring (bicyclic) bond motifs is 1. The molecule has 3 rings (SSSR count). The van der Waals surface area contributed by atoms with E-state index in [0.29, 0.717) is 30.1 Å². The van der Waals surface area contributed by atoms with Crippen LogP contribution in [0.5, 0.6) is 0 Å². The van der Waals surface area contributed by atoms with Crippen LogP contribution in [0.4, 0.5) is 0 Å². The van der Waals surface area contributed by atoms with Crippen molar-refractivity contribution in [3.8, 4) is 0 Å². The van der Waals surface area contributed by atoms with Crippen molar-refractivity contribution in [3.05, 3.63) is 35.5 Å². The fourth-order valence-corrected chi connectivity index (χ4v) is 6.74. The molecular weight excluding hydrogens is 372 g/mol. The normalized spacial score (nSPS) is 38.8. The molecule has 0 amide bonds. The summed E-state index contributed by atoms with van der Waals surface area (Å²) in [6.07, 6.45) is 13.9. The number of hydrogen-bond acceptors (Lipinski definition) is 3. The molecule has 170 valence electrons.